The highest BCUT2D eigenvalue weighted by Crippen LogP contribution is 2.23. The second-order valence-electron chi connectivity index (χ2n) is 6.17. The Morgan fingerprint density at radius 3 is 2.96 bits per heavy atom. The molecule has 1 amide bonds. The number of likely N-dealkylation sites (tertiary alicyclic amines) is 1. The van der Waals surface area contributed by atoms with Crippen molar-refractivity contribution in [2.75, 3.05) is 20.1 Å². The highest BCUT2D eigenvalue weighted by atomic mass is 32.1. The number of rotatable bonds is 6. The lowest BCUT2D eigenvalue weighted by Gasteiger charge is -2.24. The van der Waals surface area contributed by atoms with Crippen LogP contribution in [0.15, 0.2) is 6.20 Å². The third-order valence-corrected chi connectivity index (χ3v) is 5.41. The SMILES string of the molecule is Cc1nn2cc(CCNC(=O)C[C@@H]3CC[C@H](CN)N3C)nc2s1. The number of fused-ring (bicyclic) bond motifs is 1. The number of hydrogen-bond donors (Lipinski definition) is 2. The number of likely N-dealkylation sites (N-methyl/N-ethyl adjacent to an activating group) is 1. The van der Waals surface area contributed by atoms with E-state index in [9.17, 15) is 4.79 Å². The Hall–Kier alpha value is -1.51. The number of carbonyl (C=O) groups is 1. The smallest absolute Gasteiger partial charge is 0.221 e. The van der Waals surface area contributed by atoms with Crippen molar-refractivity contribution in [3.8, 4) is 0 Å². The zero-order chi connectivity index (χ0) is 16.4. The van der Waals surface area contributed by atoms with Gasteiger partial charge in [0.2, 0.25) is 10.9 Å². The topological polar surface area (TPSA) is 88.5 Å². The largest absolute Gasteiger partial charge is 0.356 e. The fraction of sp³-hybridized carbons (Fsp3) is 0.667. The van der Waals surface area contributed by atoms with Crippen molar-refractivity contribution in [1.82, 2.24) is 24.8 Å². The van der Waals surface area contributed by atoms with Crippen LogP contribution in [0.3, 0.4) is 0 Å². The van der Waals surface area contributed by atoms with Crippen LogP contribution in [0, 0.1) is 6.92 Å². The summed E-state index contributed by atoms with van der Waals surface area (Å²) in [4.78, 5) is 19.8. The predicted octanol–water partition coefficient (Wildman–Crippen LogP) is 0.570. The Balaban J connectivity index is 1.43. The Bertz CT molecular complexity index is 649. The molecule has 0 aliphatic carbocycles. The summed E-state index contributed by atoms with van der Waals surface area (Å²) in [5.41, 5.74) is 6.70. The molecular weight excluding hydrogens is 312 g/mol. The minimum absolute atomic E-state index is 0.106. The zero-order valence-electron chi connectivity index (χ0n) is 13.7. The first kappa shape index (κ1) is 16.4. The number of aryl methyl sites for hydroxylation is 1. The molecule has 0 bridgehead atoms. The molecule has 1 aliphatic heterocycles. The maximum absolute atomic E-state index is 12.1. The molecule has 1 saturated heterocycles. The summed E-state index contributed by atoms with van der Waals surface area (Å²) in [6.07, 6.45) is 5.34. The molecule has 0 aromatic carbocycles. The number of carbonyl (C=O) groups excluding carboxylic acids is 1. The van der Waals surface area contributed by atoms with Crippen molar-refractivity contribution >= 4 is 22.2 Å². The van der Waals surface area contributed by atoms with Gasteiger partial charge >= 0.3 is 0 Å². The highest BCUT2D eigenvalue weighted by Gasteiger charge is 2.30. The normalized spacial score (nSPS) is 22.0. The molecule has 0 spiro atoms. The molecule has 1 fully saturated rings. The van der Waals surface area contributed by atoms with Gasteiger partial charge in [0, 0.05) is 38.0 Å². The van der Waals surface area contributed by atoms with Crippen LogP contribution in [-0.2, 0) is 11.2 Å². The van der Waals surface area contributed by atoms with Gasteiger partial charge in [-0.3, -0.25) is 9.69 Å². The fourth-order valence-electron chi connectivity index (χ4n) is 3.20. The van der Waals surface area contributed by atoms with Gasteiger partial charge in [0.15, 0.2) is 0 Å². The van der Waals surface area contributed by atoms with E-state index in [1.54, 1.807) is 15.9 Å². The van der Waals surface area contributed by atoms with Crippen LogP contribution in [-0.4, -0.2) is 57.6 Å². The van der Waals surface area contributed by atoms with Gasteiger partial charge in [0.1, 0.15) is 5.01 Å². The highest BCUT2D eigenvalue weighted by molar-refractivity contribution is 7.16. The molecule has 3 N–H and O–H groups in total. The second-order valence-corrected chi connectivity index (χ2v) is 7.33. The molecule has 8 heteroatoms. The number of amides is 1. The van der Waals surface area contributed by atoms with E-state index >= 15 is 0 Å². The van der Waals surface area contributed by atoms with Crippen LogP contribution in [0.1, 0.15) is 30.0 Å². The van der Waals surface area contributed by atoms with Crippen molar-refractivity contribution in [3.63, 3.8) is 0 Å². The minimum Gasteiger partial charge on any atom is -0.356 e. The number of nitrogens with zero attached hydrogens (tertiary/aromatic N) is 4. The first-order valence-corrected chi connectivity index (χ1v) is 8.89. The van der Waals surface area contributed by atoms with Crippen LogP contribution >= 0.6 is 11.3 Å². The molecule has 126 valence electrons. The summed E-state index contributed by atoms with van der Waals surface area (Å²) >= 11 is 1.57. The summed E-state index contributed by atoms with van der Waals surface area (Å²) < 4.78 is 1.80. The van der Waals surface area contributed by atoms with Gasteiger partial charge < -0.3 is 11.1 Å². The quantitative estimate of drug-likeness (QED) is 0.805. The van der Waals surface area contributed by atoms with Crippen molar-refractivity contribution in [2.45, 2.75) is 44.7 Å². The summed E-state index contributed by atoms with van der Waals surface area (Å²) in [5, 5.41) is 8.34. The fourth-order valence-corrected chi connectivity index (χ4v) is 3.94. The molecule has 23 heavy (non-hydrogen) atoms. The van der Waals surface area contributed by atoms with E-state index in [2.05, 4.69) is 27.3 Å². The second kappa shape index (κ2) is 6.94. The number of aromatic nitrogens is 3. The predicted molar refractivity (Wildman–Crippen MR) is 90.6 cm³/mol. The Morgan fingerprint density at radius 2 is 2.26 bits per heavy atom. The van der Waals surface area contributed by atoms with E-state index in [-0.39, 0.29) is 5.91 Å². The molecular formula is C15H24N6OS. The molecule has 1 aliphatic rings. The first-order chi connectivity index (χ1) is 11.1. The zero-order valence-corrected chi connectivity index (χ0v) is 14.5. The molecule has 0 saturated carbocycles. The van der Waals surface area contributed by atoms with Gasteiger partial charge in [0.05, 0.1) is 11.9 Å². The van der Waals surface area contributed by atoms with E-state index in [1.165, 1.54) is 0 Å². The van der Waals surface area contributed by atoms with Crippen molar-refractivity contribution in [3.05, 3.63) is 16.9 Å². The lowest BCUT2D eigenvalue weighted by atomic mass is 10.1. The average Bonchev–Trinajstić information content (AvgIpc) is 3.13. The van der Waals surface area contributed by atoms with Gasteiger partial charge in [0.25, 0.3) is 0 Å². The Kier molecular flexibility index (Phi) is 4.93. The summed E-state index contributed by atoms with van der Waals surface area (Å²) in [7, 11) is 2.06. The molecule has 2 atom stereocenters. The number of hydrogen-bond acceptors (Lipinski definition) is 6. The van der Waals surface area contributed by atoms with Crippen LogP contribution in [0.25, 0.3) is 4.96 Å². The monoisotopic (exact) mass is 336 g/mol. The number of nitrogens with two attached hydrogens (primary N) is 1. The van der Waals surface area contributed by atoms with E-state index in [4.69, 9.17) is 5.73 Å². The Morgan fingerprint density at radius 1 is 1.48 bits per heavy atom. The first-order valence-electron chi connectivity index (χ1n) is 8.07. The van der Waals surface area contributed by atoms with Gasteiger partial charge in [-0.25, -0.2) is 9.50 Å². The molecule has 7 nitrogen and oxygen atoms in total. The van der Waals surface area contributed by atoms with Crippen molar-refractivity contribution < 1.29 is 4.79 Å². The van der Waals surface area contributed by atoms with Gasteiger partial charge in [-0.1, -0.05) is 11.3 Å². The number of imidazole rings is 1. The van der Waals surface area contributed by atoms with Crippen LogP contribution in [0.2, 0.25) is 0 Å². The third-order valence-electron chi connectivity index (χ3n) is 4.58. The van der Waals surface area contributed by atoms with E-state index < -0.39 is 0 Å². The number of nitrogens with one attached hydrogen (secondary N) is 1. The van der Waals surface area contributed by atoms with Gasteiger partial charge in [-0.15, -0.1) is 0 Å². The lowest BCUT2D eigenvalue weighted by Crippen LogP contribution is -2.39. The van der Waals surface area contributed by atoms with Gasteiger partial charge in [-0.05, 0) is 26.8 Å². The average molecular weight is 336 g/mol. The summed E-state index contributed by atoms with van der Waals surface area (Å²) in [6.45, 7) is 3.24. The summed E-state index contributed by atoms with van der Waals surface area (Å²) in [5.74, 6) is 0.106. The molecule has 3 rings (SSSR count). The molecule has 0 unspecified atom stereocenters. The molecule has 3 heterocycles. The van der Waals surface area contributed by atoms with Crippen molar-refractivity contribution in [2.24, 2.45) is 5.73 Å². The molecule has 2 aromatic rings. The van der Waals surface area contributed by atoms with Crippen LogP contribution in [0.5, 0.6) is 0 Å². The van der Waals surface area contributed by atoms with Gasteiger partial charge in [-0.2, -0.15) is 5.10 Å². The van der Waals surface area contributed by atoms with Crippen LogP contribution in [0.4, 0.5) is 0 Å². The Labute approximate surface area is 139 Å². The minimum atomic E-state index is 0.106. The van der Waals surface area contributed by atoms with Crippen molar-refractivity contribution in [1.29, 1.82) is 0 Å². The molecule has 0 radical (unpaired) electrons. The van der Waals surface area contributed by atoms with E-state index in [0.717, 1.165) is 34.9 Å². The van der Waals surface area contributed by atoms with Crippen LogP contribution < -0.4 is 11.1 Å². The van der Waals surface area contributed by atoms with E-state index in [1.807, 2.05) is 13.1 Å². The maximum Gasteiger partial charge on any atom is 0.221 e. The summed E-state index contributed by atoms with van der Waals surface area (Å²) in [6, 6.07) is 0.732. The van der Waals surface area contributed by atoms with E-state index in [0.29, 0.717) is 31.6 Å². The lowest BCUT2D eigenvalue weighted by molar-refractivity contribution is -0.122. The maximum atomic E-state index is 12.1. The third kappa shape index (κ3) is 3.70. The molecule has 2 aromatic heterocycles. The standard InChI is InChI=1S/C15H24N6OS/c1-10-19-21-9-11(18-15(21)23-10)5-6-17-14(22)7-12-3-4-13(8-16)20(12)2/h9,12-13H,3-8,16H2,1-2H3,(H,17,22)/t12-,13+/m0/s1.